The van der Waals surface area contributed by atoms with E-state index in [9.17, 15) is 15.3 Å². The first kappa shape index (κ1) is 25.1. The fraction of sp³-hybridized carbons (Fsp3) is 0.545. The highest BCUT2D eigenvalue weighted by Gasteiger charge is 2.43. The summed E-state index contributed by atoms with van der Waals surface area (Å²) in [6, 6.07) is 7.24. The monoisotopic (exact) mass is 434 g/mol. The van der Waals surface area contributed by atoms with Crippen LogP contribution in [0.1, 0.15) is 20.3 Å². The highest BCUT2D eigenvalue weighted by molar-refractivity contribution is 5.53. The van der Waals surface area contributed by atoms with Crippen LogP contribution in [0.3, 0.4) is 0 Å². The maximum atomic E-state index is 11.8. The second kappa shape index (κ2) is 10.4. The van der Waals surface area contributed by atoms with Gasteiger partial charge in [-0.2, -0.15) is 0 Å². The predicted octanol–water partition coefficient (Wildman–Crippen LogP) is -0.509. The van der Waals surface area contributed by atoms with Gasteiger partial charge >= 0.3 is 0 Å². The van der Waals surface area contributed by atoms with Gasteiger partial charge in [0, 0.05) is 36.6 Å². The number of anilines is 2. The topological polar surface area (TPSA) is 171 Å². The van der Waals surface area contributed by atoms with Crippen molar-refractivity contribution in [2.75, 3.05) is 43.5 Å². The minimum absolute atomic E-state index is 0.0862. The Labute approximate surface area is 184 Å². The number of aliphatic hydroxyl groups excluding tert-OH is 2. The highest BCUT2D eigenvalue weighted by atomic mass is 16.3. The van der Waals surface area contributed by atoms with E-state index >= 15 is 0 Å². The average molecular weight is 435 g/mol. The van der Waals surface area contributed by atoms with Crippen molar-refractivity contribution in [1.29, 1.82) is 0 Å². The summed E-state index contributed by atoms with van der Waals surface area (Å²) in [5.41, 5.74) is 24.2. The molecule has 1 aliphatic rings. The van der Waals surface area contributed by atoms with Gasteiger partial charge in [-0.3, -0.25) is 0 Å². The zero-order chi connectivity index (χ0) is 23.2. The Morgan fingerprint density at radius 3 is 2.19 bits per heavy atom. The molecule has 0 aliphatic heterocycles. The third-order valence-electron chi connectivity index (χ3n) is 5.82. The normalized spacial score (nSPS) is 18.4. The molecule has 0 spiro atoms. The summed E-state index contributed by atoms with van der Waals surface area (Å²) in [5, 5.41) is 31.1. The van der Waals surface area contributed by atoms with E-state index in [1.807, 2.05) is 37.0 Å². The van der Waals surface area contributed by atoms with Gasteiger partial charge in [-0.05, 0) is 42.3 Å². The molecule has 11 N–H and O–H groups in total. The molecule has 0 saturated carbocycles. The molecule has 9 nitrogen and oxygen atoms in total. The van der Waals surface area contributed by atoms with Crippen molar-refractivity contribution in [3.8, 4) is 0 Å². The van der Waals surface area contributed by atoms with Crippen LogP contribution in [0.25, 0.3) is 0 Å². The van der Waals surface area contributed by atoms with Crippen molar-refractivity contribution in [1.82, 2.24) is 4.90 Å². The van der Waals surface area contributed by atoms with E-state index in [0.717, 1.165) is 11.4 Å². The van der Waals surface area contributed by atoms with Crippen molar-refractivity contribution < 1.29 is 15.3 Å². The van der Waals surface area contributed by atoms with Gasteiger partial charge in [-0.1, -0.05) is 19.9 Å². The Bertz CT molecular complexity index is 765. The summed E-state index contributed by atoms with van der Waals surface area (Å²) in [5.74, 6) is -0.227. The largest absolute Gasteiger partial charge is 0.399 e. The molecular weight excluding hydrogens is 396 g/mol. The first-order valence-electron chi connectivity index (χ1n) is 10.6. The smallest absolute Gasteiger partial charge is 0.118 e. The van der Waals surface area contributed by atoms with E-state index < -0.39 is 17.4 Å². The van der Waals surface area contributed by atoms with Gasteiger partial charge in [0.05, 0.1) is 25.4 Å². The molecule has 0 saturated heterocycles. The van der Waals surface area contributed by atoms with Crippen molar-refractivity contribution in [3.05, 3.63) is 48.2 Å². The Hall–Kier alpha value is -2.14. The molecule has 0 bridgehead atoms. The standard InChI is InChI=1S/C22H38N6O3/c1-16(2)22(31,15-27(11-13-29)18-5-3-17(23)4-6-18)20(24)28(12-14-30)19-7-9-21(25,26)10-8-19/h3-9,16,20,29-31H,10-15,23-26H2,1-2H3. The molecule has 2 rings (SSSR count). The van der Waals surface area contributed by atoms with Crippen molar-refractivity contribution in [2.45, 2.75) is 37.7 Å². The van der Waals surface area contributed by atoms with E-state index in [4.69, 9.17) is 22.9 Å². The number of nitrogen functional groups attached to an aromatic ring is 1. The van der Waals surface area contributed by atoms with Gasteiger partial charge < -0.3 is 48.1 Å². The lowest BCUT2D eigenvalue weighted by Gasteiger charge is -2.47. The Morgan fingerprint density at radius 2 is 1.71 bits per heavy atom. The lowest BCUT2D eigenvalue weighted by molar-refractivity contribution is -0.0660. The molecule has 0 fully saturated rings. The second-order valence-corrected chi connectivity index (χ2v) is 8.52. The van der Waals surface area contributed by atoms with E-state index in [-0.39, 0.29) is 32.2 Å². The van der Waals surface area contributed by atoms with Gasteiger partial charge in [0.25, 0.3) is 0 Å². The van der Waals surface area contributed by atoms with Crippen molar-refractivity contribution >= 4 is 11.4 Å². The fourth-order valence-electron chi connectivity index (χ4n) is 3.71. The van der Waals surface area contributed by atoms with Gasteiger partial charge in [0.1, 0.15) is 11.8 Å². The van der Waals surface area contributed by atoms with Crippen LogP contribution in [0, 0.1) is 5.92 Å². The number of hydrogen-bond donors (Lipinski definition) is 7. The van der Waals surface area contributed by atoms with Crippen LogP contribution < -0.4 is 27.8 Å². The number of aliphatic hydroxyl groups is 3. The van der Waals surface area contributed by atoms with Crippen LogP contribution in [-0.4, -0.2) is 70.5 Å². The number of rotatable bonds is 11. The van der Waals surface area contributed by atoms with E-state index in [0.29, 0.717) is 18.7 Å². The molecule has 1 aliphatic carbocycles. The van der Waals surface area contributed by atoms with Gasteiger partial charge in [0.2, 0.25) is 0 Å². The molecule has 0 heterocycles. The van der Waals surface area contributed by atoms with Crippen LogP contribution in [0.15, 0.2) is 48.2 Å². The number of nitrogens with zero attached hydrogens (tertiary/aromatic N) is 2. The molecular formula is C22H38N6O3. The molecule has 31 heavy (non-hydrogen) atoms. The molecule has 2 atom stereocenters. The quantitative estimate of drug-likeness (QED) is 0.179. The van der Waals surface area contributed by atoms with Gasteiger partial charge in [0.15, 0.2) is 0 Å². The van der Waals surface area contributed by atoms with Crippen LogP contribution in [0.4, 0.5) is 11.4 Å². The minimum Gasteiger partial charge on any atom is -0.399 e. The summed E-state index contributed by atoms with van der Waals surface area (Å²) < 4.78 is 0. The van der Waals surface area contributed by atoms with E-state index in [1.54, 1.807) is 29.2 Å². The van der Waals surface area contributed by atoms with Crippen LogP contribution in [0.2, 0.25) is 0 Å². The predicted molar refractivity (Wildman–Crippen MR) is 125 cm³/mol. The number of nitrogens with two attached hydrogens (primary N) is 4. The van der Waals surface area contributed by atoms with Gasteiger partial charge in [-0.25, -0.2) is 0 Å². The Balaban J connectivity index is 2.35. The number of benzene rings is 1. The van der Waals surface area contributed by atoms with Crippen molar-refractivity contribution in [3.63, 3.8) is 0 Å². The minimum atomic E-state index is -1.37. The Morgan fingerprint density at radius 1 is 1.10 bits per heavy atom. The molecule has 0 amide bonds. The number of allylic oxidation sites excluding steroid dienone is 1. The molecule has 1 aromatic rings. The molecule has 0 radical (unpaired) electrons. The SMILES string of the molecule is CC(C)C(O)(CN(CCO)c1ccc(N)cc1)C(N)N(CCO)C1=CCC(N)(N)C=C1. The lowest BCUT2D eigenvalue weighted by Crippen LogP contribution is -2.65. The van der Waals surface area contributed by atoms with Crippen LogP contribution >= 0.6 is 0 Å². The summed E-state index contributed by atoms with van der Waals surface area (Å²) in [6.45, 7) is 4.29. The molecule has 9 heteroatoms. The maximum absolute atomic E-state index is 11.8. The van der Waals surface area contributed by atoms with E-state index in [2.05, 4.69) is 0 Å². The summed E-state index contributed by atoms with van der Waals surface area (Å²) in [7, 11) is 0. The van der Waals surface area contributed by atoms with E-state index in [1.165, 1.54) is 0 Å². The zero-order valence-corrected chi connectivity index (χ0v) is 18.5. The molecule has 0 aromatic heterocycles. The lowest BCUT2D eigenvalue weighted by atomic mass is 9.85. The van der Waals surface area contributed by atoms with Crippen LogP contribution in [0.5, 0.6) is 0 Å². The molecule has 174 valence electrons. The first-order chi connectivity index (χ1) is 14.5. The summed E-state index contributed by atoms with van der Waals surface area (Å²) in [6.07, 6.45) is 4.90. The summed E-state index contributed by atoms with van der Waals surface area (Å²) >= 11 is 0. The number of hydrogen-bond acceptors (Lipinski definition) is 9. The molecule has 1 aromatic carbocycles. The third kappa shape index (κ3) is 6.19. The van der Waals surface area contributed by atoms with Crippen molar-refractivity contribution in [2.24, 2.45) is 23.1 Å². The zero-order valence-electron chi connectivity index (χ0n) is 18.5. The second-order valence-electron chi connectivity index (χ2n) is 8.52. The average Bonchev–Trinajstić information content (AvgIpc) is 2.72. The first-order valence-corrected chi connectivity index (χ1v) is 10.6. The molecule has 2 unspecified atom stereocenters. The Kier molecular flexibility index (Phi) is 8.47. The fourth-order valence-corrected chi connectivity index (χ4v) is 3.71. The highest BCUT2D eigenvalue weighted by Crippen LogP contribution is 2.30. The summed E-state index contributed by atoms with van der Waals surface area (Å²) in [4.78, 5) is 3.65. The van der Waals surface area contributed by atoms with Crippen LogP contribution in [-0.2, 0) is 0 Å². The third-order valence-corrected chi connectivity index (χ3v) is 5.82. The van der Waals surface area contributed by atoms with Gasteiger partial charge in [-0.15, -0.1) is 0 Å². The maximum Gasteiger partial charge on any atom is 0.118 e.